The topological polar surface area (TPSA) is 84.9 Å². The average molecular weight is 327 g/mol. The Morgan fingerprint density at radius 3 is 2.33 bits per heavy atom. The van der Waals surface area contributed by atoms with Gasteiger partial charge in [-0.05, 0) is 42.5 Å². The molecule has 2 aromatic carbocycles. The number of anilines is 1. The Bertz CT molecular complexity index is 800. The molecule has 0 fully saturated rings. The van der Waals surface area contributed by atoms with Crippen molar-refractivity contribution in [3.05, 3.63) is 53.6 Å². The number of carbonyl (C=O) groups is 2. The summed E-state index contributed by atoms with van der Waals surface area (Å²) in [7, 11) is 3.03. The second-order valence-corrected chi connectivity index (χ2v) is 5.55. The van der Waals surface area contributed by atoms with Gasteiger partial charge in [0.2, 0.25) is 0 Å². The predicted octanol–water partition coefficient (Wildman–Crippen LogP) is 2.12. The molecule has 124 valence electrons. The molecule has 3 rings (SSSR count). The van der Waals surface area contributed by atoms with E-state index in [4.69, 9.17) is 9.47 Å². The Morgan fingerprint density at radius 2 is 1.71 bits per heavy atom. The molecule has 2 N–H and O–H groups in total. The summed E-state index contributed by atoms with van der Waals surface area (Å²) in [5, 5.41) is 13.4. The van der Waals surface area contributed by atoms with E-state index in [1.54, 1.807) is 42.5 Å². The molecule has 1 amide bonds. The first-order valence-corrected chi connectivity index (χ1v) is 7.37. The number of amides is 1. The summed E-state index contributed by atoms with van der Waals surface area (Å²) in [6.45, 7) is 0. The van der Waals surface area contributed by atoms with Gasteiger partial charge in [0.05, 0.1) is 20.6 Å². The van der Waals surface area contributed by atoms with E-state index in [9.17, 15) is 14.7 Å². The Hall–Kier alpha value is -2.86. The number of hydrogen-bond donors (Lipinski definition) is 2. The first-order chi connectivity index (χ1) is 11.5. The van der Waals surface area contributed by atoms with Gasteiger partial charge in [-0.3, -0.25) is 9.59 Å². The number of ether oxygens (including phenoxy) is 2. The third-order valence-electron chi connectivity index (χ3n) is 4.12. The van der Waals surface area contributed by atoms with Crippen LogP contribution in [0, 0.1) is 0 Å². The molecule has 0 saturated heterocycles. The molecule has 0 saturated carbocycles. The van der Waals surface area contributed by atoms with Gasteiger partial charge in [0.15, 0.2) is 11.4 Å². The lowest BCUT2D eigenvalue weighted by Gasteiger charge is -2.20. The molecular formula is C18H17NO5. The van der Waals surface area contributed by atoms with Crippen LogP contribution < -0.4 is 14.8 Å². The van der Waals surface area contributed by atoms with Gasteiger partial charge in [0, 0.05) is 16.8 Å². The van der Waals surface area contributed by atoms with Crippen LogP contribution in [0.4, 0.5) is 5.69 Å². The first-order valence-electron chi connectivity index (χ1n) is 7.37. The zero-order valence-corrected chi connectivity index (χ0v) is 13.3. The quantitative estimate of drug-likeness (QED) is 0.822. The minimum absolute atomic E-state index is 0.341. The number of fused-ring (bicyclic) bond motifs is 1. The molecule has 0 spiro atoms. The summed E-state index contributed by atoms with van der Waals surface area (Å²) in [5.74, 6) is 0.165. The molecule has 0 unspecified atom stereocenters. The number of methoxy groups -OCH3 is 2. The van der Waals surface area contributed by atoms with Crippen molar-refractivity contribution in [2.45, 2.75) is 12.0 Å². The van der Waals surface area contributed by atoms with Crippen LogP contribution in [0.25, 0.3) is 0 Å². The third-order valence-corrected chi connectivity index (χ3v) is 4.12. The summed E-state index contributed by atoms with van der Waals surface area (Å²) < 4.78 is 10.2. The molecule has 6 nitrogen and oxygen atoms in total. The molecule has 2 aromatic rings. The standard InChI is InChI=1S/C18H17NO5/c1-23-12-5-3-11(4-6-12)16(20)10-18(22)14-9-13(24-2)7-8-15(14)19-17(18)21/h3-9,22H,10H2,1-2H3,(H,19,21)/t18-/m0/s1. The van der Waals surface area contributed by atoms with E-state index in [-0.39, 0.29) is 12.2 Å². The van der Waals surface area contributed by atoms with Gasteiger partial charge in [-0.2, -0.15) is 0 Å². The van der Waals surface area contributed by atoms with Crippen LogP contribution in [0.15, 0.2) is 42.5 Å². The minimum atomic E-state index is -1.92. The number of rotatable bonds is 5. The van der Waals surface area contributed by atoms with E-state index in [1.165, 1.54) is 14.2 Å². The van der Waals surface area contributed by atoms with Crippen LogP contribution in [-0.2, 0) is 10.4 Å². The fraction of sp³-hybridized carbons (Fsp3) is 0.222. The largest absolute Gasteiger partial charge is 0.497 e. The fourth-order valence-electron chi connectivity index (χ4n) is 2.74. The van der Waals surface area contributed by atoms with Crippen molar-refractivity contribution in [3.63, 3.8) is 0 Å². The van der Waals surface area contributed by atoms with Crippen molar-refractivity contribution in [3.8, 4) is 11.5 Å². The van der Waals surface area contributed by atoms with E-state index in [0.29, 0.717) is 28.3 Å². The SMILES string of the molecule is COc1ccc(C(=O)C[C@@]2(O)C(=O)Nc3ccc(OC)cc32)cc1. The maximum absolute atomic E-state index is 12.5. The van der Waals surface area contributed by atoms with Gasteiger partial charge < -0.3 is 19.9 Å². The van der Waals surface area contributed by atoms with Crippen molar-refractivity contribution >= 4 is 17.4 Å². The van der Waals surface area contributed by atoms with Crippen molar-refractivity contribution in [1.29, 1.82) is 0 Å². The van der Waals surface area contributed by atoms with Crippen LogP contribution in [0.5, 0.6) is 11.5 Å². The van der Waals surface area contributed by atoms with E-state index in [0.717, 1.165) is 0 Å². The van der Waals surface area contributed by atoms with Crippen molar-refractivity contribution in [2.75, 3.05) is 19.5 Å². The van der Waals surface area contributed by atoms with Crippen LogP contribution in [0.1, 0.15) is 22.3 Å². The highest BCUT2D eigenvalue weighted by Gasteiger charge is 2.47. The lowest BCUT2D eigenvalue weighted by Crippen LogP contribution is -2.36. The van der Waals surface area contributed by atoms with Crippen molar-refractivity contribution in [1.82, 2.24) is 0 Å². The smallest absolute Gasteiger partial charge is 0.261 e. The zero-order valence-electron chi connectivity index (χ0n) is 13.3. The van der Waals surface area contributed by atoms with Crippen molar-refractivity contribution in [2.24, 2.45) is 0 Å². The van der Waals surface area contributed by atoms with Gasteiger partial charge in [-0.1, -0.05) is 0 Å². The van der Waals surface area contributed by atoms with E-state index < -0.39 is 11.5 Å². The highest BCUT2D eigenvalue weighted by molar-refractivity contribution is 6.09. The number of Topliss-reactive ketones (excluding diaryl/α,β-unsaturated/α-hetero) is 1. The Balaban J connectivity index is 1.91. The van der Waals surface area contributed by atoms with E-state index >= 15 is 0 Å². The molecule has 1 aliphatic rings. The number of carbonyl (C=O) groups excluding carboxylic acids is 2. The van der Waals surface area contributed by atoms with Gasteiger partial charge >= 0.3 is 0 Å². The lowest BCUT2D eigenvalue weighted by atomic mass is 9.88. The molecule has 1 heterocycles. The number of hydrogen-bond acceptors (Lipinski definition) is 5. The fourth-order valence-corrected chi connectivity index (χ4v) is 2.74. The third kappa shape index (κ3) is 2.61. The van der Waals surface area contributed by atoms with Crippen molar-refractivity contribution < 1.29 is 24.2 Å². The van der Waals surface area contributed by atoms with Crippen LogP contribution in [-0.4, -0.2) is 31.0 Å². The molecule has 1 aliphatic heterocycles. The number of benzene rings is 2. The maximum Gasteiger partial charge on any atom is 0.261 e. The monoisotopic (exact) mass is 327 g/mol. The molecular weight excluding hydrogens is 310 g/mol. The summed E-state index contributed by atoms with van der Waals surface area (Å²) in [4.78, 5) is 24.7. The summed E-state index contributed by atoms with van der Waals surface area (Å²) >= 11 is 0. The molecule has 1 atom stereocenters. The van der Waals surface area contributed by atoms with E-state index in [2.05, 4.69) is 5.32 Å². The van der Waals surface area contributed by atoms with Gasteiger partial charge in [0.25, 0.3) is 5.91 Å². The normalized spacial score (nSPS) is 18.7. The lowest BCUT2D eigenvalue weighted by molar-refractivity contribution is -0.133. The van der Waals surface area contributed by atoms with Crippen LogP contribution in [0.3, 0.4) is 0 Å². The number of nitrogens with one attached hydrogen (secondary N) is 1. The highest BCUT2D eigenvalue weighted by Crippen LogP contribution is 2.40. The zero-order chi connectivity index (χ0) is 17.3. The minimum Gasteiger partial charge on any atom is -0.497 e. The first kappa shape index (κ1) is 16.0. The Kier molecular flexibility index (Phi) is 3.99. The second kappa shape index (κ2) is 5.98. The van der Waals surface area contributed by atoms with E-state index in [1.807, 2.05) is 0 Å². The molecule has 0 aromatic heterocycles. The predicted molar refractivity (Wildman–Crippen MR) is 87.5 cm³/mol. The molecule has 24 heavy (non-hydrogen) atoms. The molecule has 6 heteroatoms. The highest BCUT2D eigenvalue weighted by atomic mass is 16.5. The molecule has 0 bridgehead atoms. The second-order valence-electron chi connectivity index (χ2n) is 5.55. The number of ketones is 1. The van der Waals surface area contributed by atoms with Gasteiger partial charge in [-0.15, -0.1) is 0 Å². The molecule has 0 radical (unpaired) electrons. The van der Waals surface area contributed by atoms with Gasteiger partial charge in [-0.25, -0.2) is 0 Å². The Morgan fingerprint density at radius 1 is 1.08 bits per heavy atom. The Labute approximate surface area is 139 Å². The average Bonchev–Trinajstić information content (AvgIpc) is 2.85. The maximum atomic E-state index is 12.5. The summed E-state index contributed by atoms with van der Waals surface area (Å²) in [6.07, 6.45) is -0.356. The summed E-state index contributed by atoms with van der Waals surface area (Å²) in [5.41, 5.74) is -0.700. The molecule has 0 aliphatic carbocycles. The van der Waals surface area contributed by atoms with Crippen LogP contribution >= 0.6 is 0 Å². The van der Waals surface area contributed by atoms with Gasteiger partial charge in [0.1, 0.15) is 11.5 Å². The number of aliphatic hydroxyl groups is 1. The van der Waals surface area contributed by atoms with Crippen LogP contribution in [0.2, 0.25) is 0 Å². The summed E-state index contributed by atoms with van der Waals surface area (Å²) in [6, 6.07) is 11.4.